The first-order valence-electron chi connectivity index (χ1n) is 5.29. The minimum absolute atomic E-state index is 0.277. The van der Waals surface area contributed by atoms with Crippen LogP contribution >= 0.6 is 9.24 Å². The molecule has 6 heteroatoms. The average Bonchev–Trinajstić information content (AvgIpc) is 2.77. The van der Waals surface area contributed by atoms with Crippen LogP contribution in [0, 0.1) is 6.92 Å². The van der Waals surface area contributed by atoms with Crippen LogP contribution in [0.15, 0.2) is 30.5 Å². The Labute approximate surface area is 106 Å². The van der Waals surface area contributed by atoms with Crippen LogP contribution in [0.3, 0.4) is 0 Å². The summed E-state index contributed by atoms with van der Waals surface area (Å²) >= 11 is 0. The Bertz CT molecular complexity index is 563. The van der Waals surface area contributed by atoms with Gasteiger partial charge in [0, 0.05) is 6.20 Å². The molecule has 1 unspecified atom stereocenters. The number of benzene rings is 1. The Morgan fingerprint density at radius 3 is 2.56 bits per heavy atom. The molecule has 0 aliphatic rings. The molecule has 0 radical (unpaired) electrons. The lowest BCUT2D eigenvalue weighted by molar-refractivity contribution is 0.0981. The van der Waals surface area contributed by atoms with Gasteiger partial charge in [0.05, 0.1) is 12.8 Å². The van der Waals surface area contributed by atoms with Crippen molar-refractivity contribution in [3.63, 3.8) is 0 Å². The molecule has 0 N–H and O–H groups in total. The molecule has 0 saturated carbocycles. The maximum absolute atomic E-state index is 13.0. The summed E-state index contributed by atoms with van der Waals surface area (Å²) in [6.45, 7) is 1.89. The third kappa shape index (κ3) is 2.51. The van der Waals surface area contributed by atoms with Crippen molar-refractivity contribution in [1.82, 2.24) is 9.78 Å². The smallest absolute Gasteiger partial charge is 0.302 e. The van der Waals surface area contributed by atoms with Crippen molar-refractivity contribution in [2.45, 2.75) is 12.6 Å². The van der Waals surface area contributed by atoms with Gasteiger partial charge in [-0.15, -0.1) is 0 Å². The van der Waals surface area contributed by atoms with Crippen LogP contribution in [-0.4, -0.2) is 16.9 Å². The van der Waals surface area contributed by atoms with Crippen LogP contribution < -0.4 is 4.74 Å². The van der Waals surface area contributed by atoms with Gasteiger partial charge in [-0.05, 0) is 36.8 Å². The van der Waals surface area contributed by atoms with E-state index in [1.165, 1.54) is 26.2 Å². The number of aromatic nitrogens is 2. The van der Waals surface area contributed by atoms with Gasteiger partial charge in [0.15, 0.2) is 0 Å². The van der Waals surface area contributed by atoms with Gasteiger partial charge in [0.2, 0.25) is 0 Å². The SMILES string of the molecule is COc1ccc(-n2ccc(C(F)(F)P)n2)cc1C. The molecule has 0 bridgehead atoms. The standard InChI is InChI=1S/C12H13F2N2OP/c1-8-7-9(3-4-10(8)17-2)16-6-5-11(15-16)12(13,14)18/h3-7H,18H2,1-2H3. The normalized spacial score (nSPS) is 11.6. The van der Waals surface area contributed by atoms with Gasteiger partial charge in [-0.2, -0.15) is 13.9 Å². The van der Waals surface area contributed by atoms with E-state index in [-0.39, 0.29) is 5.69 Å². The zero-order chi connectivity index (χ0) is 13.3. The number of halogens is 2. The largest absolute Gasteiger partial charge is 0.496 e. The van der Waals surface area contributed by atoms with Gasteiger partial charge < -0.3 is 4.74 Å². The summed E-state index contributed by atoms with van der Waals surface area (Å²) in [5, 5.41) is 3.85. The highest BCUT2D eigenvalue weighted by atomic mass is 31.0. The Kier molecular flexibility index (Phi) is 3.35. The van der Waals surface area contributed by atoms with Crippen LogP contribution in [0.4, 0.5) is 8.78 Å². The minimum Gasteiger partial charge on any atom is -0.496 e. The number of rotatable bonds is 3. The van der Waals surface area contributed by atoms with Crippen LogP contribution in [0.1, 0.15) is 11.3 Å². The fourth-order valence-corrected chi connectivity index (χ4v) is 1.80. The third-order valence-corrected chi connectivity index (χ3v) is 2.87. The number of hydrogen-bond donors (Lipinski definition) is 0. The highest BCUT2D eigenvalue weighted by Crippen LogP contribution is 2.33. The minimum atomic E-state index is -3.01. The highest BCUT2D eigenvalue weighted by Gasteiger charge is 2.27. The molecule has 0 amide bonds. The molecule has 96 valence electrons. The maximum Gasteiger partial charge on any atom is 0.302 e. The first-order valence-corrected chi connectivity index (χ1v) is 5.87. The fraction of sp³-hybridized carbons (Fsp3) is 0.250. The number of aryl methyl sites for hydroxylation is 1. The van der Waals surface area contributed by atoms with Crippen molar-refractivity contribution < 1.29 is 13.5 Å². The summed E-state index contributed by atoms with van der Waals surface area (Å²) in [5.41, 5.74) is -1.65. The molecule has 1 atom stereocenters. The second kappa shape index (κ2) is 4.65. The lowest BCUT2D eigenvalue weighted by Crippen LogP contribution is -2.05. The molecule has 2 aromatic rings. The molecular weight excluding hydrogens is 257 g/mol. The van der Waals surface area contributed by atoms with Crippen LogP contribution in [0.25, 0.3) is 5.69 Å². The highest BCUT2D eigenvalue weighted by molar-refractivity contribution is 7.17. The van der Waals surface area contributed by atoms with Crippen LogP contribution in [0.5, 0.6) is 5.75 Å². The van der Waals surface area contributed by atoms with E-state index in [1.54, 1.807) is 19.2 Å². The van der Waals surface area contributed by atoms with E-state index in [9.17, 15) is 8.78 Å². The van der Waals surface area contributed by atoms with E-state index in [1.807, 2.05) is 13.0 Å². The summed E-state index contributed by atoms with van der Waals surface area (Å²) in [6, 6.07) is 6.68. The fourth-order valence-electron chi connectivity index (χ4n) is 1.65. The summed E-state index contributed by atoms with van der Waals surface area (Å²) < 4.78 is 32.7. The second-order valence-corrected chi connectivity index (χ2v) is 4.65. The van der Waals surface area contributed by atoms with Crippen molar-refractivity contribution in [3.8, 4) is 11.4 Å². The second-order valence-electron chi connectivity index (χ2n) is 3.92. The van der Waals surface area contributed by atoms with E-state index < -0.39 is 5.66 Å². The number of nitrogens with zero attached hydrogens (tertiary/aromatic N) is 2. The molecule has 0 fully saturated rings. The van der Waals surface area contributed by atoms with Gasteiger partial charge in [-0.25, -0.2) is 4.68 Å². The lowest BCUT2D eigenvalue weighted by atomic mass is 10.2. The number of methoxy groups -OCH3 is 1. The molecule has 18 heavy (non-hydrogen) atoms. The molecule has 1 aromatic carbocycles. The predicted octanol–water partition coefficient (Wildman–Crippen LogP) is 3.11. The topological polar surface area (TPSA) is 27.1 Å². The van der Waals surface area contributed by atoms with Crippen LogP contribution in [-0.2, 0) is 5.66 Å². The van der Waals surface area contributed by atoms with Crippen molar-refractivity contribution in [2.75, 3.05) is 7.11 Å². The molecule has 1 heterocycles. The summed E-state index contributed by atoms with van der Waals surface area (Å²) in [7, 11) is 3.06. The van der Waals surface area contributed by atoms with E-state index >= 15 is 0 Å². The first-order chi connectivity index (χ1) is 8.41. The summed E-state index contributed by atoms with van der Waals surface area (Å²) in [4.78, 5) is 0. The van der Waals surface area contributed by atoms with E-state index in [2.05, 4.69) is 5.10 Å². The Morgan fingerprint density at radius 2 is 2.06 bits per heavy atom. The number of alkyl halides is 2. The average molecular weight is 270 g/mol. The number of ether oxygens (including phenoxy) is 1. The monoisotopic (exact) mass is 270 g/mol. The molecule has 2 rings (SSSR count). The predicted molar refractivity (Wildman–Crippen MR) is 68.5 cm³/mol. The summed E-state index contributed by atoms with van der Waals surface area (Å²) in [6.07, 6.45) is 1.51. The molecule has 0 aliphatic heterocycles. The molecule has 3 nitrogen and oxygen atoms in total. The van der Waals surface area contributed by atoms with Gasteiger partial charge in [-0.3, -0.25) is 0 Å². The Morgan fingerprint density at radius 1 is 1.33 bits per heavy atom. The lowest BCUT2D eigenvalue weighted by Gasteiger charge is -2.08. The van der Waals surface area contributed by atoms with E-state index in [4.69, 9.17) is 4.74 Å². The van der Waals surface area contributed by atoms with Gasteiger partial charge in [-0.1, -0.05) is 9.24 Å². The van der Waals surface area contributed by atoms with Crippen molar-refractivity contribution in [3.05, 3.63) is 41.7 Å². The zero-order valence-electron chi connectivity index (χ0n) is 10.0. The maximum atomic E-state index is 13.0. The first kappa shape index (κ1) is 13.0. The summed E-state index contributed by atoms with van der Waals surface area (Å²) in [5.74, 6) is 0.752. The van der Waals surface area contributed by atoms with Gasteiger partial charge in [0.25, 0.3) is 0 Å². The van der Waals surface area contributed by atoms with E-state index in [0.717, 1.165) is 11.3 Å². The molecular formula is C12H13F2N2OP. The van der Waals surface area contributed by atoms with Crippen molar-refractivity contribution in [1.29, 1.82) is 0 Å². The van der Waals surface area contributed by atoms with Crippen molar-refractivity contribution >= 4 is 9.24 Å². The van der Waals surface area contributed by atoms with Crippen LogP contribution in [0.2, 0.25) is 0 Å². The number of hydrogen-bond acceptors (Lipinski definition) is 2. The van der Waals surface area contributed by atoms with Gasteiger partial charge in [0.1, 0.15) is 11.4 Å². The molecule has 0 aliphatic carbocycles. The molecule has 0 saturated heterocycles. The third-order valence-electron chi connectivity index (χ3n) is 2.57. The van der Waals surface area contributed by atoms with Crippen molar-refractivity contribution in [2.24, 2.45) is 0 Å². The molecule has 1 aromatic heterocycles. The quantitative estimate of drug-likeness (QED) is 0.801. The zero-order valence-corrected chi connectivity index (χ0v) is 11.2. The Balaban J connectivity index is 2.38. The van der Waals surface area contributed by atoms with E-state index in [0.29, 0.717) is 5.69 Å². The molecule has 0 spiro atoms. The van der Waals surface area contributed by atoms with Gasteiger partial charge >= 0.3 is 5.66 Å². The Hall–Kier alpha value is -1.48.